The third-order valence-electron chi connectivity index (χ3n) is 3.71. The van der Waals surface area contributed by atoms with Crippen LogP contribution in [0, 0.1) is 5.41 Å². The summed E-state index contributed by atoms with van der Waals surface area (Å²) >= 11 is 0. The number of nitrogens with one attached hydrogen (secondary N) is 1. The molecule has 1 aliphatic rings. The molecule has 1 unspecified atom stereocenters. The number of nitrogens with zero attached hydrogens (tertiary/aromatic N) is 1. The lowest BCUT2D eigenvalue weighted by Gasteiger charge is -2.35. The Morgan fingerprint density at radius 2 is 1.89 bits per heavy atom. The fourth-order valence-corrected chi connectivity index (χ4v) is 2.77. The van der Waals surface area contributed by atoms with Gasteiger partial charge in [0, 0.05) is 31.2 Å². The highest BCUT2D eigenvalue weighted by Crippen LogP contribution is 2.29. The van der Waals surface area contributed by atoms with Crippen molar-refractivity contribution in [3.63, 3.8) is 0 Å². The van der Waals surface area contributed by atoms with E-state index in [0.29, 0.717) is 11.5 Å². The SMILES string of the molecule is CCCN(CCC)CC1(CNC(C)C)CCOC1. The third-order valence-corrected chi connectivity index (χ3v) is 3.71. The van der Waals surface area contributed by atoms with E-state index in [1.165, 1.54) is 38.9 Å². The molecule has 0 aliphatic carbocycles. The Kier molecular flexibility index (Phi) is 7.20. The standard InChI is InChI=1S/C15H32N2O/c1-5-8-17(9-6-2)12-15(7-10-18-13-15)11-16-14(3)4/h14,16H,5-13H2,1-4H3. The van der Waals surface area contributed by atoms with E-state index in [9.17, 15) is 0 Å². The lowest BCUT2D eigenvalue weighted by Crippen LogP contribution is -2.46. The molecule has 108 valence electrons. The van der Waals surface area contributed by atoms with E-state index in [1.807, 2.05) is 0 Å². The van der Waals surface area contributed by atoms with Gasteiger partial charge in [0.25, 0.3) is 0 Å². The molecule has 0 aromatic rings. The molecule has 0 aromatic carbocycles. The van der Waals surface area contributed by atoms with Crippen molar-refractivity contribution < 1.29 is 4.74 Å². The van der Waals surface area contributed by atoms with Crippen LogP contribution in [-0.2, 0) is 4.74 Å². The maximum Gasteiger partial charge on any atom is 0.0547 e. The van der Waals surface area contributed by atoms with E-state index in [2.05, 4.69) is 37.9 Å². The van der Waals surface area contributed by atoms with Gasteiger partial charge in [0.15, 0.2) is 0 Å². The maximum atomic E-state index is 5.68. The van der Waals surface area contributed by atoms with Crippen LogP contribution in [0.15, 0.2) is 0 Å². The van der Waals surface area contributed by atoms with Crippen LogP contribution in [0.1, 0.15) is 47.0 Å². The second kappa shape index (κ2) is 8.13. The van der Waals surface area contributed by atoms with Gasteiger partial charge in [-0.2, -0.15) is 0 Å². The molecule has 0 bridgehead atoms. The fourth-order valence-electron chi connectivity index (χ4n) is 2.77. The van der Waals surface area contributed by atoms with Crippen molar-refractivity contribution in [1.82, 2.24) is 10.2 Å². The Labute approximate surface area is 113 Å². The van der Waals surface area contributed by atoms with Crippen molar-refractivity contribution in [2.75, 3.05) is 39.4 Å². The first kappa shape index (κ1) is 15.9. The van der Waals surface area contributed by atoms with Gasteiger partial charge in [-0.3, -0.25) is 0 Å². The van der Waals surface area contributed by atoms with Gasteiger partial charge in [-0.15, -0.1) is 0 Å². The summed E-state index contributed by atoms with van der Waals surface area (Å²) in [5, 5.41) is 3.61. The van der Waals surface area contributed by atoms with Crippen LogP contribution < -0.4 is 5.32 Å². The van der Waals surface area contributed by atoms with Crippen LogP contribution in [0.2, 0.25) is 0 Å². The van der Waals surface area contributed by atoms with Gasteiger partial charge in [0.2, 0.25) is 0 Å². The van der Waals surface area contributed by atoms with Gasteiger partial charge in [-0.05, 0) is 32.4 Å². The van der Waals surface area contributed by atoms with Crippen molar-refractivity contribution in [3.8, 4) is 0 Å². The van der Waals surface area contributed by atoms with Crippen molar-refractivity contribution in [3.05, 3.63) is 0 Å². The van der Waals surface area contributed by atoms with Crippen LogP contribution >= 0.6 is 0 Å². The summed E-state index contributed by atoms with van der Waals surface area (Å²) in [6.07, 6.45) is 3.69. The minimum atomic E-state index is 0.342. The van der Waals surface area contributed by atoms with E-state index >= 15 is 0 Å². The zero-order valence-electron chi connectivity index (χ0n) is 12.8. The molecule has 1 saturated heterocycles. The molecule has 18 heavy (non-hydrogen) atoms. The Balaban J connectivity index is 2.53. The second-order valence-corrected chi connectivity index (χ2v) is 6.11. The highest BCUT2D eigenvalue weighted by Gasteiger charge is 2.36. The van der Waals surface area contributed by atoms with Crippen molar-refractivity contribution in [2.24, 2.45) is 5.41 Å². The molecule has 3 nitrogen and oxygen atoms in total. The molecular weight excluding hydrogens is 224 g/mol. The molecule has 1 N–H and O–H groups in total. The molecule has 1 atom stereocenters. The summed E-state index contributed by atoms with van der Waals surface area (Å²) < 4.78 is 5.68. The van der Waals surface area contributed by atoms with Gasteiger partial charge in [-0.25, -0.2) is 0 Å². The number of hydrogen-bond donors (Lipinski definition) is 1. The largest absolute Gasteiger partial charge is 0.381 e. The zero-order valence-corrected chi connectivity index (χ0v) is 12.8. The lowest BCUT2D eigenvalue weighted by atomic mass is 9.86. The molecule has 0 saturated carbocycles. The first-order chi connectivity index (χ1) is 8.62. The number of hydrogen-bond acceptors (Lipinski definition) is 3. The lowest BCUT2D eigenvalue weighted by molar-refractivity contribution is 0.106. The van der Waals surface area contributed by atoms with E-state index in [0.717, 1.165) is 19.8 Å². The smallest absolute Gasteiger partial charge is 0.0547 e. The van der Waals surface area contributed by atoms with Gasteiger partial charge in [-0.1, -0.05) is 27.7 Å². The molecule has 1 rings (SSSR count). The van der Waals surface area contributed by atoms with Crippen molar-refractivity contribution in [1.29, 1.82) is 0 Å². The molecule has 1 fully saturated rings. The average molecular weight is 256 g/mol. The Bertz CT molecular complexity index is 207. The Hall–Kier alpha value is -0.120. The topological polar surface area (TPSA) is 24.5 Å². The molecule has 1 aliphatic heterocycles. The van der Waals surface area contributed by atoms with E-state index in [-0.39, 0.29) is 0 Å². The molecule has 0 amide bonds. The van der Waals surface area contributed by atoms with E-state index in [4.69, 9.17) is 4.74 Å². The number of ether oxygens (including phenoxy) is 1. The van der Waals surface area contributed by atoms with Gasteiger partial charge >= 0.3 is 0 Å². The van der Waals surface area contributed by atoms with E-state index in [1.54, 1.807) is 0 Å². The predicted octanol–water partition coefficient (Wildman–Crippen LogP) is 2.51. The second-order valence-electron chi connectivity index (χ2n) is 6.11. The molecule has 1 heterocycles. The highest BCUT2D eigenvalue weighted by molar-refractivity contribution is 4.89. The maximum absolute atomic E-state index is 5.68. The van der Waals surface area contributed by atoms with Crippen LogP contribution in [0.3, 0.4) is 0 Å². The predicted molar refractivity (Wildman–Crippen MR) is 78.0 cm³/mol. The quantitative estimate of drug-likeness (QED) is 0.686. The minimum Gasteiger partial charge on any atom is -0.381 e. The van der Waals surface area contributed by atoms with Gasteiger partial charge < -0.3 is 15.0 Å². The normalized spacial score (nSPS) is 24.3. The summed E-state index contributed by atoms with van der Waals surface area (Å²) in [6.45, 7) is 15.6. The zero-order chi connectivity index (χ0) is 13.4. The summed E-state index contributed by atoms with van der Waals surface area (Å²) in [5.41, 5.74) is 0.342. The number of rotatable bonds is 9. The van der Waals surface area contributed by atoms with Crippen molar-refractivity contribution in [2.45, 2.75) is 53.0 Å². The summed E-state index contributed by atoms with van der Waals surface area (Å²) in [4.78, 5) is 2.62. The first-order valence-corrected chi connectivity index (χ1v) is 7.65. The van der Waals surface area contributed by atoms with Crippen LogP contribution in [0.25, 0.3) is 0 Å². The molecule has 3 heteroatoms. The first-order valence-electron chi connectivity index (χ1n) is 7.65. The van der Waals surface area contributed by atoms with Gasteiger partial charge in [0.1, 0.15) is 0 Å². The third kappa shape index (κ3) is 5.25. The Morgan fingerprint density at radius 3 is 2.33 bits per heavy atom. The molecule has 0 spiro atoms. The Morgan fingerprint density at radius 1 is 1.22 bits per heavy atom. The summed E-state index contributed by atoms with van der Waals surface area (Å²) in [7, 11) is 0. The molecule has 0 aromatic heterocycles. The van der Waals surface area contributed by atoms with Crippen LogP contribution in [0.5, 0.6) is 0 Å². The van der Waals surface area contributed by atoms with E-state index < -0.39 is 0 Å². The molecule has 0 radical (unpaired) electrons. The summed E-state index contributed by atoms with van der Waals surface area (Å²) in [5.74, 6) is 0. The monoisotopic (exact) mass is 256 g/mol. The minimum absolute atomic E-state index is 0.342. The fraction of sp³-hybridized carbons (Fsp3) is 1.00. The van der Waals surface area contributed by atoms with Crippen LogP contribution in [-0.4, -0.2) is 50.3 Å². The summed E-state index contributed by atoms with van der Waals surface area (Å²) in [6, 6.07) is 0.563. The van der Waals surface area contributed by atoms with Gasteiger partial charge in [0.05, 0.1) is 6.61 Å². The average Bonchev–Trinajstić information content (AvgIpc) is 2.76. The van der Waals surface area contributed by atoms with Crippen LogP contribution in [0.4, 0.5) is 0 Å². The highest BCUT2D eigenvalue weighted by atomic mass is 16.5. The van der Waals surface area contributed by atoms with Crippen molar-refractivity contribution >= 4 is 0 Å². The molecular formula is C15H32N2O.